The Morgan fingerprint density at radius 1 is 0.333 bits per heavy atom. The van der Waals surface area contributed by atoms with E-state index < -0.39 is 0 Å². The molecule has 0 unspecified atom stereocenters. The van der Waals surface area contributed by atoms with Gasteiger partial charge in [-0.25, -0.2) is 0 Å². The highest BCUT2D eigenvalue weighted by Crippen LogP contribution is 2.43. The summed E-state index contributed by atoms with van der Waals surface area (Å²) in [4.78, 5) is 0. The van der Waals surface area contributed by atoms with Gasteiger partial charge in [-0.05, 0) is 30.3 Å². The maximum absolute atomic E-state index is 6.73. The Hall–Kier alpha value is -5.28. The van der Waals surface area contributed by atoms with Crippen LogP contribution in [0, 0.1) is 0 Å². The van der Waals surface area contributed by atoms with Crippen molar-refractivity contribution in [1.82, 2.24) is 8.80 Å². The Morgan fingerprint density at radius 2 is 0.846 bits per heavy atom. The van der Waals surface area contributed by atoms with Crippen molar-refractivity contribution in [2.75, 3.05) is 0 Å². The largest absolute Gasteiger partial charge is 0.454 e. The lowest BCUT2D eigenvalue weighted by Crippen LogP contribution is -1.94. The first kappa shape index (κ1) is 19.8. The Balaban J connectivity index is 1.70. The predicted molar refractivity (Wildman–Crippen MR) is 163 cm³/mol. The zero-order valence-corrected chi connectivity index (χ0v) is 20.8. The van der Waals surface area contributed by atoms with Gasteiger partial charge in [0.25, 0.3) is 0 Å². The molecule has 0 radical (unpaired) electrons. The van der Waals surface area contributed by atoms with E-state index in [1.165, 1.54) is 59.9 Å². The fraction of sp³-hybridized carbons (Fsp3) is 0. The number of para-hydroxylation sites is 5. The molecule has 10 aromatic rings. The summed E-state index contributed by atoms with van der Waals surface area (Å²) in [6.45, 7) is 0. The molecule has 0 fully saturated rings. The number of rotatable bonds is 0. The van der Waals surface area contributed by atoms with Crippen LogP contribution in [0.2, 0.25) is 0 Å². The molecule has 39 heavy (non-hydrogen) atoms. The van der Waals surface area contributed by atoms with Crippen LogP contribution in [0.5, 0.6) is 0 Å². The summed E-state index contributed by atoms with van der Waals surface area (Å²) in [5.41, 5.74) is 8.96. The third kappa shape index (κ3) is 2.27. The van der Waals surface area contributed by atoms with Gasteiger partial charge in [0.1, 0.15) is 5.58 Å². The average molecular weight is 497 g/mol. The molecule has 0 aliphatic heterocycles. The van der Waals surface area contributed by atoms with Crippen LogP contribution < -0.4 is 0 Å². The Morgan fingerprint density at radius 3 is 1.64 bits per heavy atom. The van der Waals surface area contributed by atoms with Gasteiger partial charge in [-0.2, -0.15) is 0 Å². The predicted octanol–water partition coefficient (Wildman–Crippen LogP) is 9.86. The summed E-state index contributed by atoms with van der Waals surface area (Å²) in [6.07, 6.45) is 0. The van der Waals surface area contributed by atoms with Crippen LogP contribution >= 0.6 is 0 Å². The van der Waals surface area contributed by atoms with E-state index in [2.05, 4.69) is 124 Å². The lowest BCUT2D eigenvalue weighted by molar-refractivity contribution is 0.671. The van der Waals surface area contributed by atoms with E-state index in [1.54, 1.807) is 0 Å². The minimum absolute atomic E-state index is 0.913. The van der Waals surface area contributed by atoms with Crippen LogP contribution in [-0.2, 0) is 0 Å². The number of hydrogen-bond donors (Lipinski definition) is 0. The molecule has 4 heterocycles. The first-order valence-corrected chi connectivity index (χ1v) is 13.4. The van der Waals surface area contributed by atoms with Crippen molar-refractivity contribution in [3.8, 4) is 0 Å². The van der Waals surface area contributed by atoms with Crippen molar-refractivity contribution in [3.05, 3.63) is 121 Å². The zero-order chi connectivity index (χ0) is 25.2. The minimum Gasteiger partial charge on any atom is -0.454 e. The van der Waals surface area contributed by atoms with E-state index in [4.69, 9.17) is 4.42 Å². The van der Waals surface area contributed by atoms with Gasteiger partial charge in [-0.1, -0.05) is 91.0 Å². The monoisotopic (exact) mass is 496 g/mol. The molecule has 3 nitrogen and oxygen atoms in total. The molecule has 0 atom stereocenters. The smallest absolute Gasteiger partial charge is 0.160 e. The summed E-state index contributed by atoms with van der Waals surface area (Å²) in [6, 6.07) is 43.9. The first-order valence-electron chi connectivity index (χ1n) is 13.4. The number of hydrogen-bond acceptors (Lipinski definition) is 1. The van der Waals surface area contributed by atoms with Crippen molar-refractivity contribution >= 4 is 87.4 Å². The summed E-state index contributed by atoms with van der Waals surface area (Å²) in [5.74, 6) is 0. The molecule has 0 saturated carbocycles. The summed E-state index contributed by atoms with van der Waals surface area (Å²) in [5, 5.41) is 9.68. The van der Waals surface area contributed by atoms with Gasteiger partial charge in [0.15, 0.2) is 5.58 Å². The Labute approximate surface area is 221 Å². The van der Waals surface area contributed by atoms with Crippen molar-refractivity contribution in [1.29, 1.82) is 0 Å². The topological polar surface area (TPSA) is 22.0 Å². The minimum atomic E-state index is 0.913. The van der Waals surface area contributed by atoms with Gasteiger partial charge in [-0.15, -0.1) is 0 Å². The van der Waals surface area contributed by atoms with Crippen molar-refractivity contribution in [3.63, 3.8) is 0 Å². The van der Waals surface area contributed by atoms with Crippen LogP contribution in [0.15, 0.2) is 126 Å². The SMILES string of the molecule is c1ccc2c(c1)oc1c2ccc2c3cccc4c5ccccc5n(c5cccc6c7ccccc7n(c21)c65)c43. The third-order valence-electron chi connectivity index (χ3n) is 8.64. The van der Waals surface area contributed by atoms with Gasteiger partial charge in [0, 0.05) is 43.1 Å². The second kappa shape index (κ2) is 6.77. The molecular formula is C36H20N2O. The quantitative estimate of drug-likeness (QED) is 0.205. The van der Waals surface area contributed by atoms with Crippen LogP contribution in [-0.4, -0.2) is 8.80 Å². The van der Waals surface area contributed by atoms with E-state index in [1.807, 2.05) is 6.07 Å². The summed E-state index contributed by atoms with van der Waals surface area (Å²) < 4.78 is 11.7. The summed E-state index contributed by atoms with van der Waals surface area (Å²) >= 11 is 0. The molecule has 6 aromatic carbocycles. The molecule has 10 rings (SSSR count). The molecule has 4 aromatic heterocycles. The number of benzene rings is 6. The fourth-order valence-electron chi connectivity index (χ4n) is 7.11. The molecule has 0 amide bonds. The molecule has 3 heteroatoms. The summed E-state index contributed by atoms with van der Waals surface area (Å²) in [7, 11) is 0. The van der Waals surface area contributed by atoms with E-state index in [9.17, 15) is 0 Å². The van der Waals surface area contributed by atoms with Gasteiger partial charge in [0.2, 0.25) is 0 Å². The van der Waals surface area contributed by atoms with Crippen LogP contribution in [0.25, 0.3) is 87.4 Å². The highest BCUT2D eigenvalue weighted by Gasteiger charge is 2.21. The number of nitrogens with zero attached hydrogens (tertiary/aromatic N) is 2. The highest BCUT2D eigenvalue weighted by atomic mass is 16.3. The third-order valence-corrected chi connectivity index (χ3v) is 8.64. The average Bonchev–Trinajstić information content (AvgIpc) is 3.64. The second-order valence-electron chi connectivity index (χ2n) is 10.5. The van der Waals surface area contributed by atoms with Gasteiger partial charge in [0.05, 0.1) is 33.1 Å². The van der Waals surface area contributed by atoms with E-state index >= 15 is 0 Å². The first-order chi connectivity index (χ1) is 19.4. The van der Waals surface area contributed by atoms with Crippen LogP contribution in [0.4, 0.5) is 0 Å². The Bertz CT molecular complexity index is 2660. The zero-order valence-electron chi connectivity index (χ0n) is 20.8. The van der Waals surface area contributed by atoms with Crippen LogP contribution in [0.1, 0.15) is 0 Å². The lowest BCUT2D eigenvalue weighted by atomic mass is 10.0. The van der Waals surface area contributed by atoms with Crippen LogP contribution in [0.3, 0.4) is 0 Å². The lowest BCUT2D eigenvalue weighted by Gasteiger charge is -2.11. The van der Waals surface area contributed by atoms with Crippen molar-refractivity contribution in [2.24, 2.45) is 0 Å². The maximum Gasteiger partial charge on any atom is 0.160 e. The highest BCUT2D eigenvalue weighted by molar-refractivity contribution is 6.26. The molecule has 180 valence electrons. The van der Waals surface area contributed by atoms with Crippen molar-refractivity contribution in [2.45, 2.75) is 0 Å². The van der Waals surface area contributed by atoms with Gasteiger partial charge >= 0.3 is 0 Å². The van der Waals surface area contributed by atoms with Gasteiger partial charge in [-0.3, -0.25) is 0 Å². The number of furan rings is 1. The molecule has 0 N–H and O–H groups in total. The number of aromatic nitrogens is 2. The van der Waals surface area contributed by atoms with E-state index in [0.717, 1.165) is 27.5 Å². The second-order valence-corrected chi connectivity index (χ2v) is 10.5. The fourth-order valence-corrected chi connectivity index (χ4v) is 7.11. The molecule has 0 aliphatic carbocycles. The maximum atomic E-state index is 6.73. The normalized spacial score (nSPS) is 12.6. The molecule has 0 spiro atoms. The molecule has 0 saturated heterocycles. The molecule has 0 bridgehead atoms. The Kier molecular flexibility index (Phi) is 3.44. The number of fused-ring (bicyclic) bond motifs is 14. The van der Waals surface area contributed by atoms with Crippen molar-refractivity contribution < 1.29 is 4.42 Å². The molecular weight excluding hydrogens is 476 g/mol. The molecule has 0 aliphatic rings. The van der Waals surface area contributed by atoms with E-state index in [0.29, 0.717) is 0 Å². The van der Waals surface area contributed by atoms with E-state index in [-0.39, 0.29) is 0 Å². The standard InChI is InChI=1S/C36H20N2O/c1-4-15-29-21(9-1)24-12-7-13-26-27-19-20-28-23-11-3-6-18-32(23)39-36(28)35(27)38-30-16-5-2-10-22(30)25-14-8-17-31(34(25)38)37(29)33(24)26/h1-20H. The van der Waals surface area contributed by atoms with Gasteiger partial charge < -0.3 is 13.2 Å².